The van der Waals surface area contributed by atoms with Gasteiger partial charge in [-0.15, -0.1) is 0 Å². The number of hydrogen-bond donors (Lipinski definition) is 1. The van der Waals surface area contributed by atoms with Crippen LogP contribution in [0, 0.1) is 0 Å². The van der Waals surface area contributed by atoms with Crippen molar-refractivity contribution in [2.24, 2.45) is 0 Å². The minimum atomic E-state index is 0.625. The third-order valence-corrected chi connectivity index (χ3v) is 2.85. The summed E-state index contributed by atoms with van der Waals surface area (Å²) in [5, 5.41) is 3.11. The third-order valence-electron chi connectivity index (χ3n) is 2.11. The van der Waals surface area contributed by atoms with Crippen molar-refractivity contribution >= 4 is 15.9 Å². The van der Waals surface area contributed by atoms with Crippen LogP contribution < -0.4 is 14.8 Å². The van der Waals surface area contributed by atoms with Gasteiger partial charge in [0.15, 0.2) is 11.5 Å². The fourth-order valence-electron chi connectivity index (χ4n) is 1.49. The molecular weight excluding hydrogens is 246 g/mol. The summed E-state index contributed by atoms with van der Waals surface area (Å²) in [7, 11) is 1.91. The molecule has 0 aliphatic carbocycles. The van der Waals surface area contributed by atoms with Crippen molar-refractivity contribution in [1.29, 1.82) is 0 Å². The third kappa shape index (κ3) is 1.72. The van der Waals surface area contributed by atoms with E-state index < -0.39 is 0 Å². The van der Waals surface area contributed by atoms with Crippen molar-refractivity contribution in [3.05, 3.63) is 22.2 Å². The summed E-state index contributed by atoms with van der Waals surface area (Å²) in [5.74, 6) is 1.70. The van der Waals surface area contributed by atoms with Gasteiger partial charge in [-0.05, 0) is 19.2 Å². The van der Waals surface area contributed by atoms with Crippen molar-refractivity contribution in [2.75, 3.05) is 20.3 Å². The Balaban J connectivity index is 2.43. The molecule has 4 heteroatoms. The number of hydrogen-bond acceptors (Lipinski definition) is 3. The van der Waals surface area contributed by atoms with Crippen LogP contribution >= 0.6 is 15.9 Å². The largest absolute Gasteiger partial charge is 0.486 e. The number of benzene rings is 1. The monoisotopic (exact) mass is 257 g/mol. The first-order valence-electron chi connectivity index (χ1n) is 4.54. The van der Waals surface area contributed by atoms with Gasteiger partial charge in [-0.3, -0.25) is 0 Å². The SMILES string of the molecule is CNCc1c(Br)ccc2c1OCCO2. The smallest absolute Gasteiger partial charge is 0.166 e. The summed E-state index contributed by atoms with van der Waals surface area (Å²) >= 11 is 3.50. The summed E-state index contributed by atoms with van der Waals surface area (Å²) in [4.78, 5) is 0. The van der Waals surface area contributed by atoms with Crippen LogP contribution in [0.5, 0.6) is 11.5 Å². The van der Waals surface area contributed by atoms with E-state index in [9.17, 15) is 0 Å². The molecule has 14 heavy (non-hydrogen) atoms. The van der Waals surface area contributed by atoms with Gasteiger partial charge in [-0.2, -0.15) is 0 Å². The zero-order chi connectivity index (χ0) is 9.97. The second-order valence-corrected chi connectivity index (χ2v) is 3.93. The van der Waals surface area contributed by atoms with Gasteiger partial charge in [0, 0.05) is 16.6 Å². The highest BCUT2D eigenvalue weighted by Gasteiger charge is 2.17. The zero-order valence-corrected chi connectivity index (χ0v) is 9.56. The van der Waals surface area contributed by atoms with E-state index in [4.69, 9.17) is 9.47 Å². The first-order valence-corrected chi connectivity index (χ1v) is 5.34. The second-order valence-electron chi connectivity index (χ2n) is 3.08. The molecule has 0 aromatic heterocycles. The molecule has 1 aliphatic heterocycles. The van der Waals surface area contributed by atoms with Crippen LogP contribution in [0.15, 0.2) is 16.6 Å². The molecule has 0 fully saturated rings. The van der Waals surface area contributed by atoms with Crippen LogP contribution in [-0.2, 0) is 6.54 Å². The Bertz CT molecular complexity index is 341. The molecule has 0 bridgehead atoms. The molecular formula is C10H12BrNO2. The standard InChI is InChI=1S/C10H12BrNO2/c1-12-6-7-8(11)2-3-9-10(7)14-5-4-13-9/h2-3,12H,4-6H2,1H3. The Morgan fingerprint density at radius 1 is 1.36 bits per heavy atom. The molecule has 2 rings (SSSR count). The van der Waals surface area contributed by atoms with Crippen LogP contribution in [-0.4, -0.2) is 20.3 Å². The maximum absolute atomic E-state index is 5.59. The number of halogens is 1. The number of ether oxygens (including phenoxy) is 2. The molecule has 1 heterocycles. The van der Waals surface area contributed by atoms with Gasteiger partial charge in [0.2, 0.25) is 0 Å². The van der Waals surface area contributed by atoms with Crippen LogP contribution in [0.4, 0.5) is 0 Å². The van der Waals surface area contributed by atoms with Gasteiger partial charge in [0.25, 0.3) is 0 Å². The van der Waals surface area contributed by atoms with Gasteiger partial charge in [0.1, 0.15) is 13.2 Å². The van der Waals surface area contributed by atoms with Crippen LogP contribution in [0.2, 0.25) is 0 Å². The average molecular weight is 258 g/mol. The van der Waals surface area contributed by atoms with Crippen molar-refractivity contribution < 1.29 is 9.47 Å². The Morgan fingerprint density at radius 2 is 2.14 bits per heavy atom. The van der Waals surface area contributed by atoms with E-state index in [0.29, 0.717) is 13.2 Å². The lowest BCUT2D eigenvalue weighted by Gasteiger charge is -2.21. The van der Waals surface area contributed by atoms with Crippen molar-refractivity contribution in [3.63, 3.8) is 0 Å². The molecule has 0 spiro atoms. The molecule has 0 atom stereocenters. The molecule has 0 radical (unpaired) electrons. The minimum absolute atomic E-state index is 0.625. The van der Waals surface area contributed by atoms with Crippen LogP contribution in [0.25, 0.3) is 0 Å². The lowest BCUT2D eigenvalue weighted by Crippen LogP contribution is -2.18. The molecule has 0 amide bonds. The Kier molecular flexibility index (Phi) is 2.93. The lowest BCUT2D eigenvalue weighted by atomic mass is 10.1. The summed E-state index contributed by atoms with van der Waals surface area (Å²) in [5.41, 5.74) is 1.12. The molecule has 1 aromatic carbocycles. The van der Waals surface area contributed by atoms with E-state index in [-0.39, 0.29) is 0 Å². The highest BCUT2D eigenvalue weighted by Crippen LogP contribution is 2.37. The molecule has 76 valence electrons. The van der Waals surface area contributed by atoms with Crippen molar-refractivity contribution in [2.45, 2.75) is 6.54 Å². The van der Waals surface area contributed by atoms with Gasteiger partial charge in [-0.1, -0.05) is 15.9 Å². The highest BCUT2D eigenvalue weighted by atomic mass is 79.9. The summed E-state index contributed by atoms with van der Waals surface area (Å²) in [6, 6.07) is 3.91. The van der Waals surface area contributed by atoms with Gasteiger partial charge in [0.05, 0.1) is 0 Å². The zero-order valence-electron chi connectivity index (χ0n) is 7.97. The molecule has 1 N–H and O–H groups in total. The Labute approximate surface area is 91.5 Å². The van der Waals surface area contributed by atoms with Crippen LogP contribution in [0.3, 0.4) is 0 Å². The first kappa shape index (κ1) is 9.80. The van der Waals surface area contributed by atoms with E-state index in [2.05, 4.69) is 21.2 Å². The maximum atomic E-state index is 5.59. The molecule has 3 nitrogen and oxygen atoms in total. The molecule has 1 aromatic rings. The van der Waals surface area contributed by atoms with Crippen LogP contribution in [0.1, 0.15) is 5.56 Å². The van der Waals surface area contributed by atoms with Crippen molar-refractivity contribution in [3.8, 4) is 11.5 Å². The second kappa shape index (κ2) is 4.19. The summed E-state index contributed by atoms with van der Waals surface area (Å²) in [6.45, 7) is 2.03. The lowest BCUT2D eigenvalue weighted by molar-refractivity contribution is 0.169. The van der Waals surface area contributed by atoms with Gasteiger partial charge in [-0.25, -0.2) is 0 Å². The van der Waals surface area contributed by atoms with Crippen molar-refractivity contribution in [1.82, 2.24) is 5.32 Å². The number of nitrogens with one attached hydrogen (secondary N) is 1. The van der Waals surface area contributed by atoms with E-state index in [1.54, 1.807) is 0 Å². The first-order chi connectivity index (χ1) is 6.83. The molecule has 0 saturated heterocycles. The quantitative estimate of drug-likeness (QED) is 0.879. The molecule has 0 saturated carbocycles. The fraction of sp³-hybridized carbons (Fsp3) is 0.400. The van der Waals surface area contributed by atoms with Gasteiger partial charge >= 0.3 is 0 Å². The number of rotatable bonds is 2. The minimum Gasteiger partial charge on any atom is -0.486 e. The summed E-state index contributed by atoms with van der Waals surface area (Å²) < 4.78 is 12.1. The van der Waals surface area contributed by atoms with E-state index in [1.165, 1.54) is 0 Å². The Morgan fingerprint density at radius 3 is 2.93 bits per heavy atom. The van der Waals surface area contributed by atoms with E-state index in [0.717, 1.165) is 28.1 Å². The fourth-order valence-corrected chi connectivity index (χ4v) is 1.94. The highest BCUT2D eigenvalue weighted by molar-refractivity contribution is 9.10. The van der Waals surface area contributed by atoms with E-state index in [1.807, 2.05) is 19.2 Å². The Hall–Kier alpha value is -0.740. The molecule has 0 unspecified atom stereocenters. The normalized spacial score (nSPS) is 14.1. The maximum Gasteiger partial charge on any atom is 0.166 e. The number of fused-ring (bicyclic) bond motifs is 1. The average Bonchev–Trinajstić information content (AvgIpc) is 2.23. The van der Waals surface area contributed by atoms with E-state index >= 15 is 0 Å². The molecule has 1 aliphatic rings. The van der Waals surface area contributed by atoms with Gasteiger partial charge < -0.3 is 14.8 Å². The predicted octanol–water partition coefficient (Wildman–Crippen LogP) is 1.94. The predicted molar refractivity (Wildman–Crippen MR) is 57.9 cm³/mol. The topological polar surface area (TPSA) is 30.5 Å². The summed E-state index contributed by atoms with van der Waals surface area (Å²) in [6.07, 6.45) is 0.